The number of amides is 2. The van der Waals surface area contributed by atoms with E-state index in [4.69, 9.17) is 5.11 Å². The molecule has 0 aliphatic heterocycles. The molecule has 20 heavy (non-hydrogen) atoms. The molecule has 0 aliphatic rings. The van der Waals surface area contributed by atoms with Gasteiger partial charge in [-0.3, -0.25) is 14.4 Å². The maximum Gasteiger partial charge on any atom is 0.309 e. The van der Waals surface area contributed by atoms with Gasteiger partial charge in [-0.15, -0.1) is 0 Å². The summed E-state index contributed by atoms with van der Waals surface area (Å²) in [4.78, 5) is 33.7. The highest BCUT2D eigenvalue weighted by Gasteiger charge is 2.26. The minimum absolute atomic E-state index is 0.0557. The van der Waals surface area contributed by atoms with Crippen LogP contribution in [0.5, 0.6) is 0 Å². The molecule has 0 fully saturated rings. The van der Waals surface area contributed by atoms with Crippen molar-refractivity contribution in [1.29, 1.82) is 0 Å². The molecule has 0 heterocycles. The Morgan fingerprint density at radius 3 is 2.15 bits per heavy atom. The smallest absolute Gasteiger partial charge is 0.309 e. The van der Waals surface area contributed by atoms with Gasteiger partial charge in [-0.25, -0.2) is 0 Å². The number of hydrogen-bond donors (Lipinski definition) is 3. The fourth-order valence-corrected chi connectivity index (χ4v) is 1.51. The summed E-state index contributed by atoms with van der Waals surface area (Å²) >= 11 is 0. The molecule has 0 aliphatic carbocycles. The zero-order chi connectivity index (χ0) is 15.8. The van der Waals surface area contributed by atoms with Crippen molar-refractivity contribution in [3.63, 3.8) is 0 Å². The summed E-state index contributed by atoms with van der Waals surface area (Å²) in [5, 5.41) is 14.4. The molecule has 0 saturated carbocycles. The molecular formula is C14H26N2O4. The van der Waals surface area contributed by atoms with Crippen LogP contribution in [0.4, 0.5) is 0 Å². The van der Waals surface area contributed by atoms with Gasteiger partial charge in [0.05, 0.1) is 5.41 Å². The summed E-state index contributed by atoms with van der Waals surface area (Å²) in [6, 6.07) is 0.106. The fraction of sp³-hybridized carbons (Fsp3) is 0.786. The molecule has 0 aromatic heterocycles. The number of carbonyl (C=O) groups is 3. The first-order chi connectivity index (χ1) is 9.15. The topological polar surface area (TPSA) is 95.5 Å². The van der Waals surface area contributed by atoms with Crippen molar-refractivity contribution in [2.45, 2.75) is 59.4 Å². The number of nitrogens with one attached hydrogen (secondary N) is 2. The molecular weight excluding hydrogens is 260 g/mol. The van der Waals surface area contributed by atoms with Gasteiger partial charge in [0.2, 0.25) is 11.8 Å². The van der Waals surface area contributed by atoms with Crippen molar-refractivity contribution >= 4 is 17.8 Å². The van der Waals surface area contributed by atoms with Crippen LogP contribution in [0.25, 0.3) is 0 Å². The maximum atomic E-state index is 11.5. The van der Waals surface area contributed by atoms with E-state index in [9.17, 15) is 14.4 Å². The number of carboxylic acids is 1. The van der Waals surface area contributed by atoms with E-state index in [1.165, 1.54) is 0 Å². The molecule has 3 N–H and O–H groups in total. The Hall–Kier alpha value is -1.59. The van der Waals surface area contributed by atoms with Crippen molar-refractivity contribution in [3.05, 3.63) is 0 Å². The summed E-state index contributed by atoms with van der Waals surface area (Å²) in [5.74, 6) is -1.08. The first-order valence-electron chi connectivity index (χ1n) is 6.94. The lowest BCUT2D eigenvalue weighted by Crippen LogP contribution is -2.32. The Bertz CT molecular complexity index is 351. The van der Waals surface area contributed by atoms with Gasteiger partial charge >= 0.3 is 5.97 Å². The van der Waals surface area contributed by atoms with Gasteiger partial charge in [0.25, 0.3) is 0 Å². The first-order valence-corrected chi connectivity index (χ1v) is 6.94. The molecule has 0 bridgehead atoms. The Kier molecular flexibility index (Phi) is 7.87. The highest BCUT2D eigenvalue weighted by atomic mass is 16.4. The average molecular weight is 286 g/mol. The van der Waals surface area contributed by atoms with Crippen LogP contribution in [0.1, 0.15) is 53.4 Å². The van der Waals surface area contributed by atoms with Crippen LogP contribution in [-0.4, -0.2) is 35.5 Å². The van der Waals surface area contributed by atoms with Crippen LogP contribution < -0.4 is 10.6 Å². The Balaban J connectivity index is 3.75. The molecule has 0 spiro atoms. The fourth-order valence-electron chi connectivity index (χ4n) is 1.51. The predicted octanol–water partition coefficient (Wildman–Crippen LogP) is 1.30. The van der Waals surface area contributed by atoms with E-state index >= 15 is 0 Å². The monoisotopic (exact) mass is 286 g/mol. The average Bonchev–Trinajstić information content (AvgIpc) is 2.27. The zero-order valence-electron chi connectivity index (χ0n) is 12.8. The Morgan fingerprint density at radius 2 is 1.65 bits per heavy atom. The Labute approximate surface area is 120 Å². The molecule has 116 valence electrons. The molecule has 0 unspecified atom stereocenters. The van der Waals surface area contributed by atoms with E-state index in [2.05, 4.69) is 10.6 Å². The molecule has 0 saturated heterocycles. The summed E-state index contributed by atoms with van der Waals surface area (Å²) < 4.78 is 0. The standard InChI is InChI=1S/C14H26N2O4/c1-10(2)16-12(18)7-5-6-11(17)15-9-8-14(3,4)13(19)20/h10H,5-9H2,1-4H3,(H,15,17)(H,16,18)(H,19,20). The van der Waals surface area contributed by atoms with Gasteiger partial charge in [0.1, 0.15) is 0 Å². The second kappa shape index (κ2) is 8.55. The molecule has 0 atom stereocenters. The van der Waals surface area contributed by atoms with E-state index in [1.54, 1.807) is 13.8 Å². The van der Waals surface area contributed by atoms with Crippen LogP contribution in [-0.2, 0) is 14.4 Å². The number of aliphatic carboxylic acids is 1. The van der Waals surface area contributed by atoms with Gasteiger partial charge in [0, 0.05) is 25.4 Å². The highest BCUT2D eigenvalue weighted by molar-refractivity contribution is 5.79. The summed E-state index contributed by atoms with van der Waals surface area (Å²) in [6.45, 7) is 7.34. The minimum atomic E-state index is -0.878. The van der Waals surface area contributed by atoms with Crippen molar-refractivity contribution in [2.75, 3.05) is 6.54 Å². The lowest BCUT2D eigenvalue weighted by Gasteiger charge is -2.18. The number of rotatable bonds is 9. The molecule has 6 nitrogen and oxygen atoms in total. The SMILES string of the molecule is CC(C)NC(=O)CCCC(=O)NCCC(C)(C)C(=O)O. The third-order valence-corrected chi connectivity index (χ3v) is 2.91. The van der Waals surface area contributed by atoms with Crippen LogP contribution >= 0.6 is 0 Å². The maximum absolute atomic E-state index is 11.5. The van der Waals surface area contributed by atoms with Crippen molar-refractivity contribution in [1.82, 2.24) is 10.6 Å². The molecule has 2 amide bonds. The zero-order valence-corrected chi connectivity index (χ0v) is 12.8. The summed E-state index contributed by atoms with van der Waals surface area (Å²) in [7, 11) is 0. The van der Waals surface area contributed by atoms with Crippen molar-refractivity contribution in [3.8, 4) is 0 Å². The second-order valence-corrected chi connectivity index (χ2v) is 5.86. The summed E-state index contributed by atoms with van der Waals surface area (Å²) in [6.07, 6.45) is 1.47. The van der Waals surface area contributed by atoms with Gasteiger partial charge in [-0.05, 0) is 40.5 Å². The predicted molar refractivity (Wildman–Crippen MR) is 76.2 cm³/mol. The molecule has 0 rings (SSSR count). The van der Waals surface area contributed by atoms with Crippen LogP contribution in [0, 0.1) is 5.41 Å². The van der Waals surface area contributed by atoms with E-state index in [0.717, 1.165) is 0 Å². The molecule has 0 radical (unpaired) electrons. The van der Waals surface area contributed by atoms with E-state index in [-0.39, 0.29) is 24.3 Å². The van der Waals surface area contributed by atoms with Crippen LogP contribution in [0.3, 0.4) is 0 Å². The minimum Gasteiger partial charge on any atom is -0.481 e. The van der Waals surface area contributed by atoms with Gasteiger partial charge in [0.15, 0.2) is 0 Å². The lowest BCUT2D eigenvalue weighted by atomic mass is 9.90. The lowest BCUT2D eigenvalue weighted by molar-refractivity contribution is -0.147. The third-order valence-electron chi connectivity index (χ3n) is 2.91. The van der Waals surface area contributed by atoms with Crippen molar-refractivity contribution in [2.24, 2.45) is 5.41 Å². The Morgan fingerprint density at radius 1 is 1.10 bits per heavy atom. The van der Waals surface area contributed by atoms with Gasteiger partial charge < -0.3 is 15.7 Å². The second-order valence-electron chi connectivity index (χ2n) is 5.86. The van der Waals surface area contributed by atoms with E-state index < -0.39 is 11.4 Å². The van der Waals surface area contributed by atoms with E-state index in [0.29, 0.717) is 25.8 Å². The quantitative estimate of drug-likeness (QED) is 0.595. The number of carboxylic acid groups (broad SMARTS) is 1. The van der Waals surface area contributed by atoms with Crippen molar-refractivity contribution < 1.29 is 19.5 Å². The summed E-state index contributed by atoms with van der Waals surface area (Å²) in [5.41, 5.74) is -0.843. The van der Waals surface area contributed by atoms with Gasteiger partial charge in [-0.1, -0.05) is 0 Å². The highest BCUT2D eigenvalue weighted by Crippen LogP contribution is 2.19. The molecule has 0 aromatic carbocycles. The van der Waals surface area contributed by atoms with Crippen LogP contribution in [0.15, 0.2) is 0 Å². The normalized spacial score (nSPS) is 11.2. The molecule has 0 aromatic rings. The third kappa shape index (κ3) is 8.50. The van der Waals surface area contributed by atoms with Gasteiger partial charge in [-0.2, -0.15) is 0 Å². The number of carbonyl (C=O) groups excluding carboxylic acids is 2. The van der Waals surface area contributed by atoms with E-state index in [1.807, 2.05) is 13.8 Å². The van der Waals surface area contributed by atoms with Crippen LogP contribution in [0.2, 0.25) is 0 Å². The largest absolute Gasteiger partial charge is 0.481 e. The first kappa shape index (κ1) is 18.4. The number of hydrogen-bond acceptors (Lipinski definition) is 3. The molecule has 6 heteroatoms.